The van der Waals surface area contributed by atoms with Gasteiger partial charge in [0, 0.05) is 24.3 Å². The van der Waals surface area contributed by atoms with Gasteiger partial charge in [-0.3, -0.25) is 4.79 Å². The molecule has 0 aliphatic heterocycles. The fourth-order valence-electron chi connectivity index (χ4n) is 1.61. The molecule has 0 saturated heterocycles. The lowest BCUT2D eigenvalue weighted by Crippen LogP contribution is -2.51. The minimum Gasteiger partial charge on any atom is -0.396 e. The van der Waals surface area contributed by atoms with Crippen LogP contribution in [0.2, 0.25) is 0 Å². The highest BCUT2D eigenvalue weighted by Gasteiger charge is 2.30. The van der Waals surface area contributed by atoms with Crippen molar-refractivity contribution in [1.82, 2.24) is 5.32 Å². The van der Waals surface area contributed by atoms with Crippen LogP contribution in [0.1, 0.15) is 26.2 Å². The van der Waals surface area contributed by atoms with Crippen molar-refractivity contribution < 1.29 is 15.0 Å². The average Bonchev–Trinajstić information content (AvgIpc) is 2.18. The molecule has 5 nitrogen and oxygen atoms in total. The van der Waals surface area contributed by atoms with Gasteiger partial charge in [-0.25, -0.2) is 0 Å². The maximum Gasteiger partial charge on any atom is 0.246 e. The van der Waals surface area contributed by atoms with Crippen molar-refractivity contribution in [2.45, 2.75) is 31.7 Å². The van der Waals surface area contributed by atoms with E-state index in [1.165, 1.54) is 0 Å². The fraction of sp³-hybridized carbons (Fsp3) is 0.727. The normalized spacial score (nSPS) is 11.2. The summed E-state index contributed by atoms with van der Waals surface area (Å²) in [6.07, 6.45) is 1.28. The Labute approximate surface area is 96.3 Å². The Morgan fingerprint density at radius 3 is 2.12 bits per heavy atom. The number of amides is 1. The van der Waals surface area contributed by atoms with Gasteiger partial charge < -0.3 is 21.3 Å². The van der Waals surface area contributed by atoms with Crippen molar-refractivity contribution in [2.75, 3.05) is 19.8 Å². The van der Waals surface area contributed by atoms with Gasteiger partial charge in [-0.05, 0) is 32.7 Å². The van der Waals surface area contributed by atoms with Gasteiger partial charge >= 0.3 is 0 Å². The molecule has 0 heterocycles. The molecule has 0 saturated carbocycles. The first-order valence-electron chi connectivity index (χ1n) is 5.41. The maximum absolute atomic E-state index is 11.6. The van der Waals surface area contributed by atoms with Crippen LogP contribution in [0.15, 0.2) is 12.2 Å². The van der Waals surface area contributed by atoms with E-state index in [1.54, 1.807) is 6.92 Å². The van der Waals surface area contributed by atoms with Crippen LogP contribution in [0.4, 0.5) is 0 Å². The molecule has 0 aromatic rings. The standard InChI is InChI=1S/C11H22N2O3/c1-9(2)10(16)13-11(3-6-12,4-7-14)5-8-15/h14-15H,1,3-8,12H2,2H3,(H,13,16). The lowest BCUT2D eigenvalue weighted by molar-refractivity contribution is -0.119. The largest absolute Gasteiger partial charge is 0.396 e. The van der Waals surface area contributed by atoms with Gasteiger partial charge in [-0.1, -0.05) is 6.58 Å². The lowest BCUT2D eigenvalue weighted by atomic mass is 9.87. The highest BCUT2D eigenvalue weighted by molar-refractivity contribution is 5.92. The zero-order valence-electron chi connectivity index (χ0n) is 9.83. The molecule has 5 heteroatoms. The van der Waals surface area contributed by atoms with Crippen molar-refractivity contribution in [1.29, 1.82) is 0 Å². The molecule has 5 N–H and O–H groups in total. The zero-order chi connectivity index (χ0) is 12.6. The number of carbonyl (C=O) groups excluding carboxylic acids is 1. The molecule has 0 aliphatic carbocycles. The number of aliphatic hydroxyl groups is 2. The van der Waals surface area contributed by atoms with Crippen molar-refractivity contribution >= 4 is 5.91 Å². The molecule has 0 rings (SSSR count). The number of hydrogen-bond donors (Lipinski definition) is 4. The molecule has 0 spiro atoms. The molecule has 0 aromatic heterocycles. The third kappa shape index (κ3) is 4.74. The summed E-state index contributed by atoms with van der Waals surface area (Å²) in [6, 6.07) is 0. The summed E-state index contributed by atoms with van der Waals surface area (Å²) in [7, 11) is 0. The van der Waals surface area contributed by atoms with E-state index in [2.05, 4.69) is 11.9 Å². The lowest BCUT2D eigenvalue weighted by Gasteiger charge is -2.34. The summed E-state index contributed by atoms with van der Waals surface area (Å²) < 4.78 is 0. The highest BCUT2D eigenvalue weighted by atomic mass is 16.3. The average molecular weight is 230 g/mol. The van der Waals surface area contributed by atoms with Gasteiger partial charge in [-0.15, -0.1) is 0 Å². The van der Waals surface area contributed by atoms with Crippen molar-refractivity contribution in [3.05, 3.63) is 12.2 Å². The summed E-state index contributed by atoms with van der Waals surface area (Å²) >= 11 is 0. The molecule has 0 aromatic carbocycles. The Morgan fingerprint density at radius 1 is 1.31 bits per heavy atom. The second kappa shape index (κ2) is 7.38. The molecule has 94 valence electrons. The predicted octanol–water partition coefficient (Wildman–Crippen LogP) is -0.469. The van der Waals surface area contributed by atoms with E-state index in [9.17, 15) is 4.79 Å². The van der Waals surface area contributed by atoms with E-state index in [0.717, 1.165) is 0 Å². The van der Waals surface area contributed by atoms with Crippen LogP contribution in [-0.4, -0.2) is 41.4 Å². The van der Waals surface area contributed by atoms with Gasteiger partial charge in [0.1, 0.15) is 0 Å². The van der Waals surface area contributed by atoms with Gasteiger partial charge in [0.25, 0.3) is 0 Å². The van der Waals surface area contributed by atoms with Crippen LogP contribution < -0.4 is 11.1 Å². The summed E-state index contributed by atoms with van der Waals surface area (Å²) in [5.74, 6) is -0.268. The van der Waals surface area contributed by atoms with Crippen LogP contribution in [0, 0.1) is 0 Å². The second-order valence-corrected chi connectivity index (χ2v) is 4.00. The molecular formula is C11H22N2O3. The van der Waals surface area contributed by atoms with E-state index in [0.29, 0.717) is 31.4 Å². The van der Waals surface area contributed by atoms with Gasteiger partial charge in [0.2, 0.25) is 5.91 Å². The van der Waals surface area contributed by atoms with E-state index in [-0.39, 0.29) is 19.1 Å². The minimum absolute atomic E-state index is 0.0591. The number of aliphatic hydroxyl groups excluding tert-OH is 2. The van der Waals surface area contributed by atoms with Crippen LogP contribution >= 0.6 is 0 Å². The first-order valence-corrected chi connectivity index (χ1v) is 5.41. The zero-order valence-corrected chi connectivity index (χ0v) is 9.83. The molecule has 1 amide bonds. The SMILES string of the molecule is C=C(C)C(=O)NC(CCN)(CCO)CCO. The first kappa shape index (κ1) is 15.1. The molecule has 0 atom stereocenters. The van der Waals surface area contributed by atoms with Crippen molar-refractivity contribution in [3.8, 4) is 0 Å². The second-order valence-electron chi connectivity index (χ2n) is 4.00. The van der Waals surface area contributed by atoms with E-state index in [4.69, 9.17) is 15.9 Å². The Hall–Kier alpha value is -0.910. The molecule has 0 radical (unpaired) electrons. The Morgan fingerprint density at radius 2 is 1.81 bits per heavy atom. The predicted molar refractivity (Wildman–Crippen MR) is 62.8 cm³/mol. The Balaban J connectivity index is 4.71. The number of hydrogen-bond acceptors (Lipinski definition) is 4. The first-order chi connectivity index (χ1) is 7.51. The molecule has 0 aliphatic rings. The molecule has 0 fully saturated rings. The van der Waals surface area contributed by atoms with Crippen LogP contribution in [-0.2, 0) is 4.79 Å². The highest BCUT2D eigenvalue weighted by Crippen LogP contribution is 2.19. The molecule has 0 bridgehead atoms. The summed E-state index contributed by atoms with van der Waals surface area (Å²) in [6.45, 7) is 5.43. The quantitative estimate of drug-likeness (QED) is 0.424. The Kier molecular flexibility index (Phi) is 6.96. The number of nitrogens with one attached hydrogen (secondary N) is 1. The van der Waals surface area contributed by atoms with E-state index >= 15 is 0 Å². The van der Waals surface area contributed by atoms with Crippen LogP contribution in [0.3, 0.4) is 0 Å². The van der Waals surface area contributed by atoms with Crippen molar-refractivity contribution in [2.24, 2.45) is 5.73 Å². The van der Waals surface area contributed by atoms with E-state index in [1.807, 2.05) is 0 Å². The minimum atomic E-state index is -0.631. The van der Waals surface area contributed by atoms with Crippen molar-refractivity contribution in [3.63, 3.8) is 0 Å². The van der Waals surface area contributed by atoms with Gasteiger partial charge in [-0.2, -0.15) is 0 Å². The summed E-state index contributed by atoms with van der Waals surface area (Å²) in [5, 5.41) is 20.8. The Bertz CT molecular complexity index is 224. The maximum atomic E-state index is 11.6. The summed E-state index contributed by atoms with van der Waals surface area (Å²) in [5.41, 5.74) is 5.26. The third-order valence-electron chi connectivity index (χ3n) is 2.57. The van der Waals surface area contributed by atoms with Crippen LogP contribution in [0.25, 0.3) is 0 Å². The molecule has 16 heavy (non-hydrogen) atoms. The molecular weight excluding hydrogens is 208 g/mol. The number of rotatable bonds is 8. The third-order valence-corrected chi connectivity index (χ3v) is 2.57. The summed E-state index contributed by atoms with van der Waals surface area (Å²) in [4.78, 5) is 11.6. The fourth-order valence-corrected chi connectivity index (χ4v) is 1.61. The van der Waals surface area contributed by atoms with Gasteiger partial charge in [0.15, 0.2) is 0 Å². The number of nitrogens with two attached hydrogens (primary N) is 1. The number of carbonyl (C=O) groups is 1. The monoisotopic (exact) mass is 230 g/mol. The van der Waals surface area contributed by atoms with Crippen LogP contribution in [0.5, 0.6) is 0 Å². The molecule has 0 unspecified atom stereocenters. The van der Waals surface area contributed by atoms with Gasteiger partial charge in [0.05, 0.1) is 0 Å². The topological polar surface area (TPSA) is 95.6 Å². The smallest absolute Gasteiger partial charge is 0.246 e. The van der Waals surface area contributed by atoms with E-state index < -0.39 is 5.54 Å².